The third-order valence-corrected chi connectivity index (χ3v) is 7.06. The van der Waals surface area contributed by atoms with Crippen LogP contribution in [-0.4, -0.2) is 34.1 Å². The summed E-state index contributed by atoms with van der Waals surface area (Å²) < 4.78 is 52.7. The lowest BCUT2D eigenvalue weighted by Gasteiger charge is -2.25. The first-order valence-electron chi connectivity index (χ1n) is 10.0. The van der Waals surface area contributed by atoms with E-state index in [0.29, 0.717) is 22.9 Å². The van der Waals surface area contributed by atoms with Gasteiger partial charge in [-0.2, -0.15) is 0 Å². The molecule has 0 saturated carbocycles. The minimum absolute atomic E-state index is 0.0118. The second-order valence-corrected chi connectivity index (χ2v) is 9.43. The minimum Gasteiger partial charge on any atom is -0.486 e. The third-order valence-electron chi connectivity index (χ3n) is 4.92. The number of halogens is 2. The Morgan fingerprint density at radius 1 is 1.00 bits per heavy atom. The molecule has 1 heterocycles. The van der Waals surface area contributed by atoms with E-state index >= 15 is 0 Å². The average Bonchev–Trinajstić information content (AvgIpc) is 2.81. The molecule has 1 aliphatic heterocycles. The summed E-state index contributed by atoms with van der Waals surface area (Å²) in [5.41, 5.74) is 0.692. The van der Waals surface area contributed by atoms with E-state index in [0.717, 1.165) is 10.4 Å². The largest absolute Gasteiger partial charge is 0.486 e. The lowest BCUT2D eigenvalue weighted by atomic mass is 10.2. The van der Waals surface area contributed by atoms with Crippen LogP contribution in [0.1, 0.15) is 5.56 Å². The van der Waals surface area contributed by atoms with Crippen molar-refractivity contribution < 1.29 is 27.1 Å². The van der Waals surface area contributed by atoms with E-state index in [-0.39, 0.29) is 29.5 Å². The van der Waals surface area contributed by atoms with E-state index in [1.54, 1.807) is 24.3 Å². The van der Waals surface area contributed by atoms with Crippen LogP contribution in [0.15, 0.2) is 71.6 Å². The maximum Gasteiger partial charge on any atom is 0.264 e. The fraction of sp³-hybridized carbons (Fsp3) is 0.174. The molecule has 1 amide bonds. The standard InChI is InChI=1S/C23H20ClFN2O5S/c24-20-7-2-1-4-16(20)14-26-23(28)15-27(18-6-3-5-17(25)12-18)33(29,30)19-8-9-21-22(13-19)32-11-10-31-21/h1-9,12-13H,10-11,14-15H2,(H,26,28). The van der Waals surface area contributed by atoms with Crippen LogP contribution < -0.4 is 19.1 Å². The first kappa shape index (κ1) is 22.9. The molecular weight excluding hydrogens is 471 g/mol. The smallest absolute Gasteiger partial charge is 0.264 e. The summed E-state index contributed by atoms with van der Waals surface area (Å²) in [7, 11) is -4.25. The van der Waals surface area contributed by atoms with Crippen molar-refractivity contribution in [3.63, 3.8) is 0 Å². The summed E-state index contributed by atoms with van der Waals surface area (Å²) in [5.74, 6) is -0.508. The van der Waals surface area contributed by atoms with Crippen molar-refractivity contribution in [1.82, 2.24) is 5.32 Å². The minimum atomic E-state index is -4.25. The van der Waals surface area contributed by atoms with Gasteiger partial charge in [-0.1, -0.05) is 35.9 Å². The van der Waals surface area contributed by atoms with Crippen LogP contribution >= 0.6 is 11.6 Å². The molecule has 10 heteroatoms. The number of hydrogen-bond donors (Lipinski definition) is 1. The zero-order valence-electron chi connectivity index (χ0n) is 17.3. The molecule has 0 atom stereocenters. The monoisotopic (exact) mass is 490 g/mol. The van der Waals surface area contributed by atoms with Crippen molar-refractivity contribution in [2.75, 3.05) is 24.1 Å². The second-order valence-electron chi connectivity index (χ2n) is 7.17. The van der Waals surface area contributed by atoms with Crippen LogP contribution in [0.25, 0.3) is 0 Å². The topological polar surface area (TPSA) is 84.9 Å². The van der Waals surface area contributed by atoms with Crippen molar-refractivity contribution in [3.8, 4) is 11.5 Å². The highest BCUT2D eigenvalue weighted by molar-refractivity contribution is 7.92. The summed E-state index contributed by atoms with van der Waals surface area (Å²) in [6.07, 6.45) is 0. The Labute approximate surface area is 195 Å². The van der Waals surface area contributed by atoms with Gasteiger partial charge in [0.2, 0.25) is 5.91 Å². The fourth-order valence-electron chi connectivity index (χ4n) is 3.28. The molecule has 1 aliphatic rings. The van der Waals surface area contributed by atoms with Crippen molar-refractivity contribution in [1.29, 1.82) is 0 Å². The Morgan fingerprint density at radius 2 is 1.76 bits per heavy atom. The Hall–Kier alpha value is -3.30. The summed E-state index contributed by atoms with van der Waals surface area (Å²) in [6.45, 7) is 0.193. The van der Waals surface area contributed by atoms with Crippen LogP contribution in [0.4, 0.5) is 10.1 Å². The quantitative estimate of drug-likeness (QED) is 0.545. The molecule has 3 aromatic rings. The molecule has 0 bridgehead atoms. The number of anilines is 1. The molecule has 0 aromatic heterocycles. The van der Waals surface area contributed by atoms with Gasteiger partial charge in [0.25, 0.3) is 10.0 Å². The van der Waals surface area contributed by atoms with Gasteiger partial charge in [0.15, 0.2) is 11.5 Å². The fourth-order valence-corrected chi connectivity index (χ4v) is 4.91. The van der Waals surface area contributed by atoms with Crippen LogP contribution in [0, 0.1) is 5.82 Å². The molecule has 0 saturated heterocycles. The number of amides is 1. The lowest BCUT2D eigenvalue weighted by molar-refractivity contribution is -0.119. The highest BCUT2D eigenvalue weighted by Gasteiger charge is 2.29. The number of fused-ring (bicyclic) bond motifs is 1. The van der Waals surface area contributed by atoms with Crippen molar-refractivity contribution in [3.05, 3.63) is 83.1 Å². The van der Waals surface area contributed by atoms with E-state index in [1.165, 1.54) is 36.4 Å². The summed E-state index contributed by atoms with van der Waals surface area (Å²) in [4.78, 5) is 12.6. The number of hydrogen-bond acceptors (Lipinski definition) is 5. The molecule has 0 aliphatic carbocycles. The normalized spacial score (nSPS) is 12.8. The Bertz CT molecular complexity index is 1290. The molecule has 4 rings (SSSR count). The number of rotatable bonds is 7. The van der Waals surface area contributed by atoms with E-state index < -0.39 is 28.3 Å². The van der Waals surface area contributed by atoms with Gasteiger partial charge in [0.1, 0.15) is 25.6 Å². The highest BCUT2D eigenvalue weighted by Crippen LogP contribution is 2.34. The summed E-state index contributed by atoms with van der Waals surface area (Å²) in [5, 5.41) is 3.14. The Balaban J connectivity index is 1.62. The van der Waals surface area contributed by atoms with Gasteiger partial charge < -0.3 is 14.8 Å². The van der Waals surface area contributed by atoms with Crippen molar-refractivity contribution >= 4 is 33.2 Å². The number of sulfonamides is 1. The predicted octanol–water partition coefficient (Wildman–Crippen LogP) is 3.76. The van der Waals surface area contributed by atoms with Crippen LogP contribution in [0.3, 0.4) is 0 Å². The zero-order chi connectivity index (χ0) is 23.4. The van der Waals surface area contributed by atoms with Gasteiger partial charge in [-0.15, -0.1) is 0 Å². The van der Waals surface area contributed by atoms with E-state index in [9.17, 15) is 17.6 Å². The van der Waals surface area contributed by atoms with Gasteiger partial charge >= 0.3 is 0 Å². The highest BCUT2D eigenvalue weighted by atomic mass is 35.5. The second kappa shape index (κ2) is 9.68. The molecule has 7 nitrogen and oxygen atoms in total. The van der Waals surface area contributed by atoms with Crippen LogP contribution in [0.5, 0.6) is 11.5 Å². The number of carbonyl (C=O) groups is 1. The van der Waals surface area contributed by atoms with E-state index in [2.05, 4.69) is 5.32 Å². The molecular formula is C23H20ClFN2O5S. The maximum atomic E-state index is 13.9. The first-order chi connectivity index (χ1) is 15.8. The van der Waals surface area contributed by atoms with Gasteiger partial charge in [-0.25, -0.2) is 12.8 Å². The van der Waals surface area contributed by atoms with Crippen LogP contribution in [0.2, 0.25) is 5.02 Å². The molecule has 3 aromatic carbocycles. The number of benzene rings is 3. The van der Waals surface area contributed by atoms with Crippen LogP contribution in [-0.2, 0) is 21.4 Å². The van der Waals surface area contributed by atoms with E-state index in [4.69, 9.17) is 21.1 Å². The van der Waals surface area contributed by atoms with Gasteiger partial charge in [0, 0.05) is 17.6 Å². The molecule has 1 N–H and O–H groups in total. The predicted molar refractivity (Wildman–Crippen MR) is 122 cm³/mol. The van der Waals surface area contributed by atoms with Gasteiger partial charge in [-0.05, 0) is 42.0 Å². The molecule has 0 spiro atoms. The molecule has 172 valence electrons. The molecule has 33 heavy (non-hydrogen) atoms. The molecule has 0 fully saturated rings. The number of ether oxygens (including phenoxy) is 2. The SMILES string of the molecule is O=C(CN(c1cccc(F)c1)S(=O)(=O)c1ccc2c(c1)OCCO2)NCc1ccccc1Cl. The van der Waals surface area contributed by atoms with Gasteiger partial charge in [-0.3, -0.25) is 9.10 Å². The van der Waals surface area contributed by atoms with Gasteiger partial charge in [0.05, 0.1) is 10.6 Å². The number of nitrogens with zero attached hydrogens (tertiary/aromatic N) is 1. The first-order valence-corrected chi connectivity index (χ1v) is 11.8. The lowest BCUT2D eigenvalue weighted by Crippen LogP contribution is -2.40. The Kier molecular flexibility index (Phi) is 6.71. The summed E-state index contributed by atoms with van der Waals surface area (Å²) >= 11 is 6.12. The number of carbonyl (C=O) groups excluding carboxylic acids is 1. The Morgan fingerprint density at radius 3 is 2.52 bits per heavy atom. The van der Waals surface area contributed by atoms with E-state index in [1.807, 2.05) is 0 Å². The average molecular weight is 491 g/mol. The van der Waals surface area contributed by atoms with Crippen molar-refractivity contribution in [2.24, 2.45) is 0 Å². The zero-order valence-corrected chi connectivity index (χ0v) is 18.9. The third kappa shape index (κ3) is 5.20. The summed E-state index contributed by atoms with van der Waals surface area (Å²) in [6, 6.07) is 16.2. The maximum absolute atomic E-state index is 13.9. The molecule has 0 unspecified atom stereocenters. The molecule has 0 radical (unpaired) electrons. The number of nitrogens with one attached hydrogen (secondary N) is 1. The van der Waals surface area contributed by atoms with Crippen molar-refractivity contribution in [2.45, 2.75) is 11.4 Å².